The highest BCUT2D eigenvalue weighted by Gasteiger charge is 2.13. The van der Waals surface area contributed by atoms with Gasteiger partial charge in [-0.25, -0.2) is 19.9 Å². The highest BCUT2D eigenvalue weighted by molar-refractivity contribution is 7.19. The smallest absolute Gasteiger partial charge is 0.181 e. The number of nitrogens with zero attached hydrogens (tertiary/aromatic N) is 6. The fourth-order valence-electron chi connectivity index (χ4n) is 4.24. The van der Waals surface area contributed by atoms with Crippen molar-refractivity contribution >= 4 is 83.7 Å². The van der Waals surface area contributed by atoms with Crippen molar-refractivity contribution < 1.29 is 0 Å². The number of hydrogen-bond acceptors (Lipinski definition) is 9. The molecular formula is C31H22Cl3N7S2. The van der Waals surface area contributed by atoms with Crippen LogP contribution in [-0.4, -0.2) is 29.9 Å². The predicted octanol–water partition coefficient (Wildman–Crippen LogP) is 9.70. The van der Waals surface area contributed by atoms with Gasteiger partial charge in [-0.05, 0) is 67.9 Å². The molecule has 12 heteroatoms. The zero-order valence-corrected chi connectivity index (χ0v) is 26.7. The van der Waals surface area contributed by atoms with Gasteiger partial charge in [0, 0.05) is 34.1 Å². The van der Waals surface area contributed by atoms with Gasteiger partial charge >= 0.3 is 0 Å². The molecule has 6 aromatic heterocycles. The van der Waals surface area contributed by atoms with Gasteiger partial charge in [0.2, 0.25) is 0 Å². The number of thiophene rings is 2. The zero-order chi connectivity index (χ0) is 29.9. The standard InChI is InChI=1S/C19H14Cl2N4S.C12H8ClN3S/c1-11-8-13-17(23-10-12-5-6-14(20)15(21)9-12)24-18(25-19(13)26-11)16-4-2-3-7-22-16;1-7-6-8-10(13)15-11(16-12(8)17-7)9-4-2-3-5-14-9/h2-9H,10H2,1H3,(H,23,24,25);2-6H,1H3. The van der Waals surface area contributed by atoms with E-state index in [1.54, 1.807) is 41.1 Å². The average Bonchev–Trinajstić information content (AvgIpc) is 3.60. The molecule has 0 atom stereocenters. The van der Waals surface area contributed by atoms with Gasteiger partial charge in [0.25, 0.3) is 0 Å². The molecule has 0 aliphatic rings. The Morgan fingerprint density at radius 1 is 0.651 bits per heavy atom. The number of nitrogens with one attached hydrogen (secondary N) is 1. The van der Waals surface area contributed by atoms with E-state index in [0.29, 0.717) is 33.4 Å². The van der Waals surface area contributed by atoms with Crippen molar-refractivity contribution in [2.45, 2.75) is 20.4 Å². The van der Waals surface area contributed by atoms with E-state index < -0.39 is 0 Å². The maximum Gasteiger partial charge on any atom is 0.181 e. The lowest BCUT2D eigenvalue weighted by Crippen LogP contribution is -2.04. The monoisotopic (exact) mass is 661 g/mol. The van der Waals surface area contributed by atoms with Crippen molar-refractivity contribution in [2.75, 3.05) is 5.32 Å². The Morgan fingerprint density at radius 2 is 1.26 bits per heavy atom. The van der Waals surface area contributed by atoms with Crippen LogP contribution in [0.1, 0.15) is 15.3 Å². The lowest BCUT2D eigenvalue weighted by atomic mass is 10.2. The van der Waals surface area contributed by atoms with Crippen LogP contribution in [0.25, 0.3) is 43.5 Å². The number of pyridine rings is 2. The summed E-state index contributed by atoms with van der Waals surface area (Å²) in [6.45, 7) is 4.68. The molecule has 0 unspecified atom stereocenters. The molecule has 1 N–H and O–H groups in total. The number of fused-ring (bicyclic) bond motifs is 2. The molecule has 43 heavy (non-hydrogen) atoms. The van der Waals surface area contributed by atoms with Crippen LogP contribution in [0.2, 0.25) is 15.2 Å². The summed E-state index contributed by atoms with van der Waals surface area (Å²) < 4.78 is 0. The van der Waals surface area contributed by atoms with Crippen molar-refractivity contribution in [3.8, 4) is 23.0 Å². The summed E-state index contributed by atoms with van der Waals surface area (Å²) in [6, 6.07) is 21.0. The molecule has 0 aliphatic heterocycles. The van der Waals surface area contributed by atoms with E-state index in [0.717, 1.165) is 43.2 Å². The number of anilines is 1. The Hall–Kier alpha value is -3.73. The topological polar surface area (TPSA) is 89.4 Å². The summed E-state index contributed by atoms with van der Waals surface area (Å²) >= 11 is 21.5. The lowest BCUT2D eigenvalue weighted by molar-refractivity contribution is 1.10. The molecule has 7 aromatic rings. The number of halogens is 3. The highest BCUT2D eigenvalue weighted by atomic mass is 35.5. The van der Waals surface area contributed by atoms with Gasteiger partial charge in [-0.2, -0.15) is 0 Å². The van der Waals surface area contributed by atoms with Gasteiger partial charge in [-0.1, -0.05) is 53.0 Å². The molecule has 7 nitrogen and oxygen atoms in total. The molecule has 0 saturated heterocycles. The van der Waals surface area contributed by atoms with Crippen molar-refractivity contribution in [2.24, 2.45) is 0 Å². The lowest BCUT2D eigenvalue weighted by Gasteiger charge is -2.09. The van der Waals surface area contributed by atoms with Crippen LogP contribution in [0.15, 0.2) is 79.1 Å². The van der Waals surface area contributed by atoms with Crippen LogP contribution < -0.4 is 5.32 Å². The Balaban J connectivity index is 0.000000167. The zero-order valence-electron chi connectivity index (χ0n) is 22.8. The third-order valence-corrected chi connectivity index (χ3v) is 9.13. The third-order valence-electron chi connectivity index (χ3n) is 6.22. The minimum absolute atomic E-state index is 0.486. The Kier molecular flexibility index (Phi) is 8.78. The van der Waals surface area contributed by atoms with E-state index in [9.17, 15) is 0 Å². The Morgan fingerprint density at radius 3 is 1.86 bits per heavy atom. The highest BCUT2D eigenvalue weighted by Crippen LogP contribution is 2.32. The van der Waals surface area contributed by atoms with Gasteiger partial charge in [0.05, 0.1) is 15.4 Å². The largest absolute Gasteiger partial charge is 0.365 e. The molecule has 1 aromatic carbocycles. The summed E-state index contributed by atoms with van der Waals surface area (Å²) in [7, 11) is 0. The van der Waals surface area contributed by atoms with Crippen LogP contribution in [0.5, 0.6) is 0 Å². The second-order valence-corrected chi connectivity index (χ2v) is 13.1. The van der Waals surface area contributed by atoms with Gasteiger partial charge in [-0.15, -0.1) is 22.7 Å². The molecule has 214 valence electrons. The van der Waals surface area contributed by atoms with Crippen LogP contribution >= 0.6 is 57.5 Å². The van der Waals surface area contributed by atoms with Crippen molar-refractivity contribution in [1.82, 2.24) is 29.9 Å². The number of rotatable bonds is 5. The minimum atomic E-state index is 0.486. The summed E-state index contributed by atoms with van der Waals surface area (Å²) in [6.07, 6.45) is 3.46. The molecular weight excluding hydrogens is 641 g/mol. The fourth-order valence-corrected chi connectivity index (χ4v) is 6.60. The van der Waals surface area contributed by atoms with Crippen molar-refractivity contribution in [3.05, 3.63) is 110 Å². The normalized spacial score (nSPS) is 11.0. The van der Waals surface area contributed by atoms with E-state index in [1.807, 2.05) is 61.5 Å². The first-order valence-electron chi connectivity index (χ1n) is 13.1. The average molecular weight is 663 g/mol. The number of aryl methyl sites for hydroxylation is 2. The molecule has 0 bridgehead atoms. The Bertz CT molecular complexity index is 2050. The first kappa shape index (κ1) is 29.3. The Labute approximate surface area is 270 Å². The second-order valence-electron chi connectivity index (χ2n) is 9.42. The van der Waals surface area contributed by atoms with Crippen molar-refractivity contribution in [1.29, 1.82) is 0 Å². The SMILES string of the molecule is Cc1cc2c(Cl)nc(-c3ccccn3)nc2s1.Cc1cc2c(NCc3ccc(Cl)c(Cl)c3)nc(-c3ccccn3)nc2s1. The first-order chi connectivity index (χ1) is 20.8. The van der Waals surface area contributed by atoms with E-state index >= 15 is 0 Å². The number of hydrogen-bond donors (Lipinski definition) is 1. The van der Waals surface area contributed by atoms with E-state index in [-0.39, 0.29) is 0 Å². The molecule has 6 heterocycles. The summed E-state index contributed by atoms with van der Waals surface area (Å²) in [4.78, 5) is 30.9. The molecule has 7 rings (SSSR count). The minimum Gasteiger partial charge on any atom is -0.365 e. The molecule has 0 amide bonds. The van der Waals surface area contributed by atoms with Crippen LogP contribution in [0.4, 0.5) is 5.82 Å². The van der Waals surface area contributed by atoms with Crippen LogP contribution in [0, 0.1) is 13.8 Å². The van der Waals surface area contributed by atoms with Gasteiger partial charge in [-0.3, -0.25) is 9.97 Å². The summed E-state index contributed by atoms with van der Waals surface area (Å²) in [5, 5.41) is 6.89. The second kappa shape index (κ2) is 12.9. The third kappa shape index (κ3) is 6.76. The molecule has 0 spiro atoms. The van der Waals surface area contributed by atoms with E-state index in [4.69, 9.17) is 39.8 Å². The molecule has 0 fully saturated rings. The van der Waals surface area contributed by atoms with Crippen LogP contribution in [0.3, 0.4) is 0 Å². The maximum atomic E-state index is 6.15. The molecule has 0 radical (unpaired) electrons. The van der Waals surface area contributed by atoms with Crippen LogP contribution in [-0.2, 0) is 6.54 Å². The van der Waals surface area contributed by atoms with Crippen molar-refractivity contribution in [3.63, 3.8) is 0 Å². The molecule has 0 aliphatic carbocycles. The van der Waals surface area contributed by atoms with Gasteiger partial charge < -0.3 is 5.32 Å². The summed E-state index contributed by atoms with van der Waals surface area (Å²) in [5.74, 6) is 1.97. The van der Waals surface area contributed by atoms with E-state index in [2.05, 4.69) is 43.2 Å². The summed E-state index contributed by atoms with van der Waals surface area (Å²) in [5.41, 5.74) is 2.51. The number of benzene rings is 1. The fraction of sp³-hybridized carbons (Fsp3) is 0.0968. The van der Waals surface area contributed by atoms with E-state index in [1.165, 1.54) is 9.75 Å². The first-order valence-corrected chi connectivity index (χ1v) is 15.8. The van der Waals surface area contributed by atoms with Gasteiger partial charge in [0.1, 0.15) is 32.0 Å². The maximum absolute atomic E-state index is 6.15. The molecule has 0 saturated carbocycles. The quantitative estimate of drug-likeness (QED) is 0.184. The van der Waals surface area contributed by atoms with Gasteiger partial charge in [0.15, 0.2) is 11.6 Å². The number of aromatic nitrogens is 6. The predicted molar refractivity (Wildman–Crippen MR) is 180 cm³/mol.